The number of allylic oxidation sites excluding steroid dienone is 2. The Morgan fingerprint density at radius 2 is 1.38 bits per heavy atom. The third-order valence-corrected chi connectivity index (χ3v) is 5.24. The average molecular weight is 507 g/mol. The Morgan fingerprint density at radius 1 is 0.794 bits per heavy atom. The monoisotopic (exact) mass is 506 g/mol. The van der Waals surface area contributed by atoms with E-state index in [1.54, 1.807) is 30.3 Å². The van der Waals surface area contributed by atoms with Crippen molar-refractivity contribution >= 4 is 52.7 Å². The molecule has 0 spiro atoms. The van der Waals surface area contributed by atoms with Crippen LogP contribution >= 0.6 is 23.2 Å². The zero-order valence-corrected chi connectivity index (χ0v) is 20.3. The van der Waals surface area contributed by atoms with Gasteiger partial charge in [0.05, 0.1) is 6.04 Å². The summed E-state index contributed by atoms with van der Waals surface area (Å²) in [4.78, 5) is 0. The van der Waals surface area contributed by atoms with Crippen molar-refractivity contribution in [2.45, 2.75) is 38.1 Å². The molecule has 0 aromatic heterocycles. The summed E-state index contributed by atoms with van der Waals surface area (Å²) in [5, 5.41) is 49.9. The minimum atomic E-state index is -0.00840. The standard InChI is InChI=1S/C22H32Cl2N10/c23-15-5-9-17(10-6-15)31-21(27)33-19(25)29-13-3-1-2-4-14-30-20(26)34-22(28)32-18-11-7-16(24)8-12-18/h5-11,18H,1-4,12-14H2,(H5,25,27,29,31,33)(H5,26,28,30,32,34). The maximum absolute atomic E-state index is 7.90. The average Bonchev–Trinajstić information content (AvgIpc) is 2.78. The van der Waals surface area contributed by atoms with Crippen LogP contribution < -0.4 is 31.9 Å². The lowest BCUT2D eigenvalue weighted by atomic mass is 10.1. The van der Waals surface area contributed by atoms with Gasteiger partial charge in [0.25, 0.3) is 0 Å². The van der Waals surface area contributed by atoms with Gasteiger partial charge < -0.3 is 21.3 Å². The molecule has 0 amide bonds. The van der Waals surface area contributed by atoms with E-state index < -0.39 is 0 Å². The van der Waals surface area contributed by atoms with Gasteiger partial charge in [-0.25, -0.2) is 0 Å². The Hall–Kier alpha value is -3.24. The number of anilines is 1. The van der Waals surface area contributed by atoms with Crippen molar-refractivity contribution in [3.05, 3.63) is 52.5 Å². The van der Waals surface area contributed by atoms with E-state index in [1.165, 1.54) is 0 Å². The maximum Gasteiger partial charge on any atom is 0.199 e. The zero-order valence-electron chi connectivity index (χ0n) is 18.8. The van der Waals surface area contributed by atoms with Gasteiger partial charge in [0.1, 0.15) is 0 Å². The van der Waals surface area contributed by atoms with Gasteiger partial charge in [-0.1, -0.05) is 48.2 Å². The predicted octanol–water partition coefficient (Wildman–Crippen LogP) is 3.45. The Morgan fingerprint density at radius 3 is 1.94 bits per heavy atom. The van der Waals surface area contributed by atoms with E-state index in [2.05, 4.69) is 31.9 Å². The first-order chi connectivity index (χ1) is 16.3. The number of nitrogens with one attached hydrogen (secondary N) is 10. The van der Waals surface area contributed by atoms with Crippen LogP contribution in [0.3, 0.4) is 0 Å². The molecular formula is C22H32Cl2N10. The summed E-state index contributed by atoms with van der Waals surface area (Å²) in [6, 6.07) is 6.95. The molecule has 1 unspecified atom stereocenters. The molecule has 0 radical (unpaired) electrons. The van der Waals surface area contributed by atoms with E-state index >= 15 is 0 Å². The fraction of sp³-hybridized carbons (Fsp3) is 0.364. The SMILES string of the molecule is N=C(NCCCCCCNC(=N)NC(=N)NC1C=CC(Cl)=CC1)NC(=N)Nc1ccc(Cl)cc1. The molecule has 2 rings (SSSR count). The molecule has 0 bridgehead atoms. The van der Waals surface area contributed by atoms with Crippen molar-refractivity contribution in [3.8, 4) is 0 Å². The summed E-state index contributed by atoms with van der Waals surface area (Å²) in [6.45, 7) is 1.27. The van der Waals surface area contributed by atoms with Gasteiger partial charge in [0, 0.05) is 28.8 Å². The number of hydrogen-bond acceptors (Lipinski definition) is 4. The van der Waals surface area contributed by atoms with Crippen LogP contribution in [0.15, 0.2) is 47.5 Å². The topological polar surface area (TPSA) is 168 Å². The summed E-state index contributed by atoms with van der Waals surface area (Å²) in [5.74, 6) is 0.215. The van der Waals surface area contributed by atoms with Gasteiger partial charge in [-0.15, -0.1) is 0 Å². The van der Waals surface area contributed by atoms with E-state index in [9.17, 15) is 0 Å². The van der Waals surface area contributed by atoms with Gasteiger partial charge in [0.2, 0.25) is 0 Å². The van der Waals surface area contributed by atoms with E-state index in [-0.39, 0.29) is 29.9 Å². The number of halogens is 2. The lowest BCUT2D eigenvalue weighted by Gasteiger charge is -2.19. The predicted molar refractivity (Wildman–Crippen MR) is 141 cm³/mol. The van der Waals surface area contributed by atoms with Crippen molar-refractivity contribution in [1.82, 2.24) is 26.6 Å². The van der Waals surface area contributed by atoms with Crippen LogP contribution in [0.4, 0.5) is 5.69 Å². The van der Waals surface area contributed by atoms with Crippen LogP contribution in [0.5, 0.6) is 0 Å². The minimum absolute atomic E-state index is 0.00155. The van der Waals surface area contributed by atoms with Crippen molar-refractivity contribution in [2.24, 2.45) is 0 Å². The Balaban J connectivity index is 1.43. The molecule has 1 atom stereocenters. The summed E-state index contributed by atoms with van der Waals surface area (Å²) in [7, 11) is 0. The van der Waals surface area contributed by atoms with Crippen molar-refractivity contribution < 1.29 is 0 Å². The molecule has 10 N–H and O–H groups in total. The molecule has 34 heavy (non-hydrogen) atoms. The number of rotatable bonds is 9. The van der Waals surface area contributed by atoms with E-state index in [0.29, 0.717) is 35.3 Å². The Labute approximate surface area is 210 Å². The molecule has 0 aliphatic heterocycles. The molecule has 1 aliphatic rings. The largest absolute Gasteiger partial charge is 0.356 e. The van der Waals surface area contributed by atoms with Gasteiger partial charge in [-0.05, 0) is 49.6 Å². The molecule has 0 saturated heterocycles. The lowest BCUT2D eigenvalue weighted by Crippen LogP contribution is -2.48. The number of hydrogen-bond donors (Lipinski definition) is 10. The second-order valence-electron chi connectivity index (χ2n) is 7.58. The van der Waals surface area contributed by atoms with Gasteiger partial charge in [0.15, 0.2) is 23.8 Å². The van der Waals surface area contributed by atoms with E-state index in [4.69, 9.17) is 44.8 Å². The smallest absolute Gasteiger partial charge is 0.199 e. The Bertz CT molecular complexity index is 911. The van der Waals surface area contributed by atoms with Crippen LogP contribution in [0.1, 0.15) is 32.1 Å². The van der Waals surface area contributed by atoms with Crippen molar-refractivity contribution in [3.63, 3.8) is 0 Å². The first-order valence-corrected chi connectivity index (χ1v) is 11.8. The highest BCUT2D eigenvalue weighted by Gasteiger charge is 2.10. The van der Waals surface area contributed by atoms with Crippen LogP contribution in [0.25, 0.3) is 0 Å². The summed E-state index contributed by atoms with van der Waals surface area (Å²) in [5.41, 5.74) is 0.712. The molecule has 0 fully saturated rings. The lowest BCUT2D eigenvalue weighted by molar-refractivity contribution is 0.619. The fourth-order valence-corrected chi connectivity index (χ4v) is 3.29. The normalized spacial score (nSPS) is 14.4. The van der Waals surface area contributed by atoms with Gasteiger partial charge >= 0.3 is 0 Å². The molecule has 184 valence electrons. The third kappa shape index (κ3) is 11.6. The van der Waals surface area contributed by atoms with E-state index in [0.717, 1.165) is 25.7 Å². The first-order valence-electron chi connectivity index (χ1n) is 11.0. The van der Waals surface area contributed by atoms with Crippen LogP contribution in [-0.4, -0.2) is 43.0 Å². The van der Waals surface area contributed by atoms with Gasteiger partial charge in [-0.3, -0.25) is 32.3 Å². The van der Waals surface area contributed by atoms with Crippen LogP contribution in [0, 0.1) is 21.6 Å². The fourth-order valence-electron chi connectivity index (χ4n) is 3.00. The molecule has 10 nitrogen and oxygen atoms in total. The number of benzene rings is 1. The second kappa shape index (κ2) is 14.8. The summed E-state index contributed by atoms with van der Waals surface area (Å²) < 4.78 is 0. The molecule has 12 heteroatoms. The Kier molecular flexibility index (Phi) is 11.8. The van der Waals surface area contributed by atoms with Crippen LogP contribution in [-0.2, 0) is 0 Å². The molecule has 0 heterocycles. The summed E-state index contributed by atoms with van der Waals surface area (Å²) in [6.07, 6.45) is 10.0. The first kappa shape index (κ1) is 27.0. The van der Waals surface area contributed by atoms with Crippen LogP contribution in [0.2, 0.25) is 5.02 Å². The molecule has 1 aliphatic carbocycles. The number of guanidine groups is 4. The van der Waals surface area contributed by atoms with Gasteiger partial charge in [-0.2, -0.15) is 0 Å². The molecule has 0 saturated carbocycles. The second-order valence-corrected chi connectivity index (χ2v) is 8.46. The van der Waals surface area contributed by atoms with Crippen molar-refractivity contribution in [1.29, 1.82) is 21.6 Å². The summed E-state index contributed by atoms with van der Waals surface area (Å²) >= 11 is 11.7. The van der Waals surface area contributed by atoms with Crippen molar-refractivity contribution in [2.75, 3.05) is 18.4 Å². The van der Waals surface area contributed by atoms with E-state index in [1.807, 2.05) is 12.2 Å². The quantitative estimate of drug-likeness (QED) is 0.140. The molecule has 1 aromatic rings. The minimum Gasteiger partial charge on any atom is -0.356 e. The number of unbranched alkanes of at least 4 members (excludes halogenated alkanes) is 3. The highest BCUT2D eigenvalue weighted by molar-refractivity contribution is 6.31. The molecule has 1 aromatic carbocycles. The third-order valence-electron chi connectivity index (χ3n) is 4.70. The zero-order chi connectivity index (χ0) is 24.8. The molecular weight excluding hydrogens is 475 g/mol. The maximum atomic E-state index is 7.90. The highest BCUT2D eigenvalue weighted by atomic mass is 35.5. The highest BCUT2D eigenvalue weighted by Crippen LogP contribution is 2.13.